The van der Waals surface area contributed by atoms with Gasteiger partial charge in [0.25, 0.3) is 0 Å². The van der Waals surface area contributed by atoms with Gasteiger partial charge in [-0.25, -0.2) is 0 Å². The maximum absolute atomic E-state index is 12.0. The fourth-order valence-electron chi connectivity index (χ4n) is 2.66. The van der Waals surface area contributed by atoms with Crippen molar-refractivity contribution in [3.63, 3.8) is 0 Å². The number of hydrogen-bond acceptors (Lipinski definition) is 2. The van der Waals surface area contributed by atoms with Crippen molar-refractivity contribution in [2.24, 2.45) is 5.92 Å². The summed E-state index contributed by atoms with van der Waals surface area (Å²) in [6.07, 6.45) is 13.1. The summed E-state index contributed by atoms with van der Waals surface area (Å²) >= 11 is 0. The maximum Gasteiger partial charge on any atom is 0.136 e. The van der Waals surface area contributed by atoms with Crippen LogP contribution in [0.1, 0.15) is 77.0 Å². The first-order valence-corrected chi connectivity index (χ1v) is 7.24. The summed E-state index contributed by atoms with van der Waals surface area (Å²) in [4.78, 5) is 12.0. The third-order valence-electron chi connectivity index (χ3n) is 3.79. The van der Waals surface area contributed by atoms with Crippen LogP contribution in [0.5, 0.6) is 0 Å². The summed E-state index contributed by atoms with van der Waals surface area (Å²) in [6, 6.07) is 2.17. The monoisotopic (exact) mass is 235 g/mol. The van der Waals surface area contributed by atoms with Gasteiger partial charge in [0.2, 0.25) is 0 Å². The molecular formula is C15H25NO. The maximum atomic E-state index is 12.0. The van der Waals surface area contributed by atoms with Crippen LogP contribution in [0.3, 0.4) is 0 Å². The largest absolute Gasteiger partial charge is 0.299 e. The van der Waals surface area contributed by atoms with E-state index in [1.165, 1.54) is 44.9 Å². The Balaban J connectivity index is 2.39. The third-order valence-corrected chi connectivity index (χ3v) is 3.79. The molecule has 0 unspecified atom stereocenters. The van der Waals surface area contributed by atoms with Gasteiger partial charge in [0, 0.05) is 18.8 Å². The van der Waals surface area contributed by atoms with Gasteiger partial charge < -0.3 is 0 Å². The average molecular weight is 235 g/mol. The van der Waals surface area contributed by atoms with E-state index in [9.17, 15) is 4.79 Å². The third kappa shape index (κ3) is 6.46. The molecule has 0 saturated heterocycles. The van der Waals surface area contributed by atoms with E-state index in [0.717, 1.165) is 25.7 Å². The predicted molar refractivity (Wildman–Crippen MR) is 69.5 cm³/mol. The zero-order chi connectivity index (χ0) is 12.3. The van der Waals surface area contributed by atoms with Crippen LogP contribution in [0, 0.1) is 17.2 Å². The van der Waals surface area contributed by atoms with Crippen LogP contribution in [-0.4, -0.2) is 5.78 Å². The highest BCUT2D eigenvalue weighted by molar-refractivity contribution is 5.80. The van der Waals surface area contributed by atoms with Crippen LogP contribution in [0.25, 0.3) is 0 Å². The van der Waals surface area contributed by atoms with Crippen LogP contribution >= 0.6 is 0 Å². The minimum Gasteiger partial charge on any atom is -0.299 e. The van der Waals surface area contributed by atoms with Gasteiger partial charge in [0.1, 0.15) is 5.78 Å². The minimum atomic E-state index is 0.175. The molecule has 0 amide bonds. The topological polar surface area (TPSA) is 40.9 Å². The summed E-state index contributed by atoms with van der Waals surface area (Å²) in [7, 11) is 0. The molecule has 2 nitrogen and oxygen atoms in total. The van der Waals surface area contributed by atoms with Crippen LogP contribution in [0.15, 0.2) is 0 Å². The van der Waals surface area contributed by atoms with E-state index in [-0.39, 0.29) is 5.92 Å². The molecule has 0 bridgehead atoms. The Morgan fingerprint density at radius 2 is 1.59 bits per heavy atom. The molecule has 1 aliphatic rings. The SMILES string of the molecule is N#CCC[C@@H]1CCCCCCCCCCC1=O. The molecule has 17 heavy (non-hydrogen) atoms. The molecule has 96 valence electrons. The fourth-order valence-corrected chi connectivity index (χ4v) is 2.66. The molecule has 0 aliphatic heterocycles. The van der Waals surface area contributed by atoms with E-state index in [1.807, 2.05) is 0 Å². The number of nitriles is 1. The van der Waals surface area contributed by atoms with Crippen molar-refractivity contribution in [2.45, 2.75) is 77.0 Å². The molecule has 0 spiro atoms. The van der Waals surface area contributed by atoms with Gasteiger partial charge in [0.05, 0.1) is 6.07 Å². The first-order chi connectivity index (χ1) is 8.34. The Bertz CT molecular complexity index is 254. The zero-order valence-corrected chi connectivity index (χ0v) is 10.9. The highest BCUT2D eigenvalue weighted by Crippen LogP contribution is 2.21. The fraction of sp³-hybridized carbons (Fsp3) is 0.867. The molecule has 0 N–H and O–H groups in total. The summed E-state index contributed by atoms with van der Waals surface area (Å²) in [5, 5.41) is 8.63. The predicted octanol–water partition coefficient (Wildman–Crippen LogP) is 4.39. The van der Waals surface area contributed by atoms with Gasteiger partial charge in [-0.3, -0.25) is 4.79 Å². The van der Waals surface area contributed by atoms with E-state index in [4.69, 9.17) is 5.26 Å². The summed E-state index contributed by atoms with van der Waals surface area (Å²) in [6.45, 7) is 0. The number of Topliss-reactive ketones (excluding diaryl/α,β-unsaturated/α-hetero) is 1. The Kier molecular flexibility index (Phi) is 7.71. The lowest BCUT2D eigenvalue weighted by Crippen LogP contribution is -2.14. The molecule has 0 aromatic carbocycles. The first-order valence-electron chi connectivity index (χ1n) is 7.24. The summed E-state index contributed by atoms with van der Waals surface area (Å²) < 4.78 is 0. The Hall–Kier alpha value is -0.840. The van der Waals surface area contributed by atoms with E-state index >= 15 is 0 Å². The number of hydrogen-bond donors (Lipinski definition) is 0. The van der Waals surface area contributed by atoms with Gasteiger partial charge in [-0.1, -0.05) is 44.9 Å². The van der Waals surface area contributed by atoms with Gasteiger partial charge >= 0.3 is 0 Å². The number of carbonyl (C=O) groups excluding carboxylic acids is 1. The molecule has 1 fully saturated rings. The number of carbonyl (C=O) groups is 1. The van der Waals surface area contributed by atoms with Crippen LogP contribution < -0.4 is 0 Å². The first kappa shape index (κ1) is 14.2. The van der Waals surface area contributed by atoms with Gasteiger partial charge in [-0.05, 0) is 19.3 Å². The smallest absolute Gasteiger partial charge is 0.136 e. The Morgan fingerprint density at radius 3 is 2.24 bits per heavy atom. The van der Waals surface area contributed by atoms with Crippen molar-refractivity contribution < 1.29 is 4.79 Å². The van der Waals surface area contributed by atoms with Crippen LogP contribution in [0.4, 0.5) is 0 Å². The van der Waals surface area contributed by atoms with Gasteiger partial charge in [-0.2, -0.15) is 5.26 Å². The summed E-state index contributed by atoms with van der Waals surface area (Å²) in [5.74, 6) is 0.592. The molecule has 1 aliphatic carbocycles. The van der Waals surface area contributed by atoms with Crippen molar-refractivity contribution in [1.29, 1.82) is 5.26 Å². The number of rotatable bonds is 2. The van der Waals surface area contributed by atoms with E-state index in [0.29, 0.717) is 12.2 Å². The Labute approximate surface area is 105 Å². The highest BCUT2D eigenvalue weighted by atomic mass is 16.1. The van der Waals surface area contributed by atoms with E-state index < -0.39 is 0 Å². The molecule has 1 rings (SSSR count). The van der Waals surface area contributed by atoms with Crippen molar-refractivity contribution in [1.82, 2.24) is 0 Å². The molecule has 1 atom stereocenters. The standard InChI is InChI=1S/C15H25NO/c16-13-9-11-14-10-7-5-3-1-2-4-6-8-12-15(14)17/h14H,1-12H2/t14-/m0/s1. The van der Waals surface area contributed by atoms with Crippen LogP contribution in [0.2, 0.25) is 0 Å². The van der Waals surface area contributed by atoms with Gasteiger partial charge in [0.15, 0.2) is 0 Å². The summed E-state index contributed by atoms with van der Waals surface area (Å²) in [5.41, 5.74) is 0. The quantitative estimate of drug-likeness (QED) is 0.712. The molecule has 0 aromatic heterocycles. The Morgan fingerprint density at radius 1 is 1.00 bits per heavy atom. The second kappa shape index (κ2) is 9.22. The zero-order valence-electron chi connectivity index (χ0n) is 10.9. The number of nitrogens with zero attached hydrogens (tertiary/aromatic N) is 1. The lowest BCUT2D eigenvalue weighted by Gasteiger charge is -2.15. The molecule has 1 saturated carbocycles. The van der Waals surface area contributed by atoms with Crippen molar-refractivity contribution in [3.8, 4) is 6.07 Å². The molecule has 2 heteroatoms. The normalized spacial score (nSPS) is 24.4. The lowest BCUT2D eigenvalue weighted by molar-refractivity contribution is -0.123. The average Bonchev–Trinajstić information content (AvgIpc) is 2.33. The van der Waals surface area contributed by atoms with E-state index in [1.54, 1.807) is 0 Å². The van der Waals surface area contributed by atoms with Crippen LogP contribution in [-0.2, 0) is 4.79 Å². The molecule has 0 radical (unpaired) electrons. The van der Waals surface area contributed by atoms with Gasteiger partial charge in [-0.15, -0.1) is 0 Å². The lowest BCUT2D eigenvalue weighted by atomic mass is 9.89. The van der Waals surface area contributed by atoms with Crippen molar-refractivity contribution >= 4 is 5.78 Å². The second-order valence-electron chi connectivity index (χ2n) is 5.23. The minimum absolute atomic E-state index is 0.175. The van der Waals surface area contributed by atoms with E-state index in [2.05, 4.69) is 6.07 Å². The number of ketones is 1. The molecular weight excluding hydrogens is 210 g/mol. The van der Waals surface area contributed by atoms with Crippen molar-refractivity contribution in [2.75, 3.05) is 0 Å². The second-order valence-corrected chi connectivity index (χ2v) is 5.23. The molecule has 0 aromatic rings. The molecule has 0 heterocycles. The van der Waals surface area contributed by atoms with Crippen molar-refractivity contribution in [3.05, 3.63) is 0 Å². The highest BCUT2D eigenvalue weighted by Gasteiger charge is 2.17.